The van der Waals surface area contributed by atoms with E-state index in [-0.39, 0.29) is 28.8 Å². The molecule has 0 saturated carbocycles. The molecule has 0 spiro atoms. The highest BCUT2D eigenvalue weighted by Gasteiger charge is 2.40. The molecular weight excluding hydrogens is 494 g/mol. The molecule has 1 aromatic heterocycles. The summed E-state index contributed by atoms with van der Waals surface area (Å²) < 4.78 is 11.2. The average molecular weight is 522 g/mol. The molecule has 2 aliphatic rings. The molecule has 192 valence electrons. The number of hydrogen-bond acceptors (Lipinski definition) is 6. The Bertz CT molecular complexity index is 1290. The number of piperidine rings is 1. The molecule has 8 nitrogen and oxygen atoms in total. The Balaban J connectivity index is 1.18. The summed E-state index contributed by atoms with van der Waals surface area (Å²) in [6.45, 7) is 4.86. The van der Waals surface area contributed by atoms with E-state index >= 15 is 0 Å². The molecule has 0 bridgehead atoms. The number of ether oxygens (including phenoxy) is 2. The first-order valence-electron chi connectivity index (χ1n) is 12.3. The molecule has 1 amide bonds. The van der Waals surface area contributed by atoms with Gasteiger partial charge in [-0.15, -0.1) is 0 Å². The van der Waals surface area contributed by atoms with Crippen molar-refractivity contribution in [1.82, 2.24) is 14.8 Å². The van der Waals surface area contributed by atoms with E-state index in [0.29, 0.717) is 18.2 Å². The van der Waals surface area contributed by atoms with Gasteiger partial charge in [-0.05, 0) is 43.0 Å². The van der Waals surface area contributed by atoms with Crippen molar-refractivity contribution in [2.24, 2.45) is 0 Å². The summed E-state index contributed by atoms with van der Waals surface area (Å²) >= 11 is 6.04. The van der Waals surface area contributed by atoms with Crippen LogP contribution in [0, 0.1) is 6.92 Å². The Morgan fingerprint density at radius 2 is 1.89 bits per heavy atom. The number of rotatable bonds is 7. The smallest absolute Gasteiger partial charge is 0.410 e. The number of cyclic esters (lactones) is 1. The van der Waals surface area contributed by atoms with Crippen LogP contribution in [0.3, 0.4) is 0 Å². The number of nitrogens with zero attached hydrogens (tertiary/aromatic N) is 3. The molecule has 0 aliphatic carbocycles. The minimum absolute atomic E-state index is 0.0227. The second kappa shape index (κ2) is 10.8. The molecular formula is C28H28ClN3O5. The number of halogens is 1. The molecule has 2 saturated heterocycles. The highest BCUT2D eigenvalue weighted by atomic mass is 35.5. The van der Waals surface area contributed by atoms with Crippen molar-refractivity contribution in [3.8, 4) is 11.6 Å². The summed E-state index contributed by atoms with van der Waals surface area (Å²) in [7, 11) is 0. The zero-order valence-corrected chi connectivity index (χ0v) is 21.2. The summed E-state index contributed by atoms with van der Waals surface area (Å²) in [6, 6.07) is 18.5. The minimum atomic E-state index is -1.09. The predicted molar refractivity (Wildman–Crippen MR) is 138 cm³/mol. The normalized spacial score (nSPS) is 18.6. The number of benzene rings is 2. The molecule has 5 rings (SSSR count). The van der Waals surface area contributed by atoms with Crippen LogP contribution in [0.2, 0.25) is 5.02 Å². The van der Waals surface area contributed by atoms with Gasteiger partial charge in [-0.1, -0.05) is 48.0 Å². The maximum Gasteiger partial charge on any atom is 0.410 e. The third-order valence-electron chi connectivity index (χ3n) is 7.00. The van der Waals surface area contributed by atoms with Crippen molar-refractivity contribution in [1.29, 1.82) is 0 Å². The van der Waals surface area contributed by atoms with Gasteiger partial charge in [-0.3, -0.25) is 9.80 Å². The van der Waals surface area contributed by atoms with Crippen LogP contribution < -0.4 is 4.74 Å². The number of amides is 1. The summed E-state index contributed by atoms with van der Waals surface area (Å²) in [5.74, 6) is -0.250. The van der Waals surface area contributed by atoms with Crippen LogP contribution in [-0.4, -0.2) is 57.7 Å². The minimum Gasteiger partial charge on any atom is -0.478 e. The quantitative estimate of drug-likeness (QED) is 0.427. The fraction of sp³-hybridized carbons (Fsp3) is 0.321. The molecule has 9 heteroatoms. The molecule has 1 unspecified atom stereocenters. The van der Waals surface area contributed by atoms with Gasteiger partial charge in [0.2, 0.25) is 5.88 Å². The van der Waals surface area contributed by atoms with Gasteiger partial charge in [0.1, 0.15) is 12.4 Å². The van der Waals surface area contributed by atoms with Gasteiger partial charge in [0.25, 0.3) is 0 Å². The number of hydrogen-bond donors (Lipinski definition) is 1. The van der Waals surface area contributed by atoms with E-state index in [2.05, 4.69) is 22.0 Å². The maximum absolute atomic E-state index is 12.5. The topological polar surface area (TPSA) is 92.2 Å². The number of carbonyl (C=O) groups is 2. The number of likely N-dealkylation sites (tertiary alicyclic amines) is 1. The third-order valence-corrected chi connectivity index (χ3v) is 7.32. The SMILES string of the molecule is Cc1nc(Oc2ccc(C(=O)O)c(Cl)c2)ccc1CN1CCC(N2C(=O)OCC2c2ccccc2)CC1. The molecule has 2 aromatic carbocycles. The van der Waals surface area contributed by atoms with Gasteiger partial charge >= 0.3 is 12.1 Å². The molecule has 37 heavy (non-hydrogen) atoms. The Morgan fingerprint density at radius 1 is 1.14 bits per heavy atom. The standard InChI is InChI=1S/C28H28ClN3O5/c1-18-20(7-10-26(30-18)37-22-8-9-23(27(33)34)24(29)15-22)16-31-13-11-21(12-14-31)32-25(17-36-28(32)35)19-5-3-2-4-6-19/h2-10,15,21,25H,11-14,16-17H2,1H3,(H,33,34). The van der Waals surface area contributed by atoms with Crippen LogP contribution >= 0.6 is 11.6 Å². The highest BCUT2D eigenvalue weighted by Crippen LogP contribution is 2.33. The van der Waals surface area contributed by atoms with E-state index in [1.165, 1.54) is 12.1 Å². The first kappa shape index (κ1) is 25.0. The average Bonchev–Trinajstić information content (AvgIpc) is 3.28. The maximum atomic E-state index is 12.5. The van der Waals surface area contributed by atoms with Crippen molar-refractivity contribution in [3.05, 3.63) is 88.1 Å². The van der Waals surface area contributed by atoms with E-state index in [9.17, 15) is 9.59 Å². The molecule has 2 fully saturated rings. The zero-order chi connectivity index (χ0) is 25.9. The second-order valence-electron chi connectivity index (χ2n) is 9.36. The van der Waals surface area contributed by atoms with Gasteiger partial charge < -0.3 is 14.6 Å². The lowest BCUT2D eigenvalue weighted by Crippen LogP contribution is -2.46. The van der Waals surface area contributed by atoms with Gasteiger partial charge in [0, 0.05) is 43.5 Å². The third kappa shape index (κ3) is 5.55. The summed E-state index contributed by atoms with van der Waals surface area (Å²) in [5, 5.41) is 9.23. The number of pyridine rings is 1. The fourth-order valence-electron chi connectivity index (χ4n) is 5.01. The van der Waals surface area contributed by atoms with E-state index in [1.807, 2.05) is 36.1 Å². The van der Waals surface area contributed by atoms with E-state index in [1.54, 1.807) is 12.1 Å². The Hall–Kier alpha value is -3.62. The van der Waals surface area contributed by atoms with Crippen molar-refractivity contribution in [2.45, 2.75) is 38.4 Å². The fourth-order valence-corrected chi connectivity index (χ4v) is 5.26. The Morgan fingerprint density at radius 3 is 2.57 bits per heavy atom. The lowest BCUT2D eigenvalue weighted by atomic mass is 9.98. The van der Waals surface area contributed by atoms with Crippen LogP contribution in [0.15, 0.2) is 60.7 Å². The number of carbonyl (C=O) groups excluding carboxylic acids is 1. The number of carboxylic acid groups (broad SMARTS) is 1. The van der Waals surface area contributed by atoms with Crippen molar-refractivity contribution in [3.63, 3.8) is 0 Å². The summed E-state index contributed by atoms with van der Waals surface area (Å²) in [4.78, 5) is 32.6. The zero-order valence-electron chi connectivity index (χ0n) is 20.5. The lowest BCUT2D eigenvalue weighted by Gasteiger charge is -2.38. The van der Waals surface area contributed by atoms with Gasteiger partial charge in [0.15, 0.2) is 0 Å². The van der Waals surface area contributed by atoms with Gasteiger partial charge in [-0.2, -0.15) is 0 Å². The van der Waals surface area contributed by atoms with Crippen molar-refractivity contribution >= 4 is 23.7 Å². The molecule has 2 aliphatic heterocycles. The summed E-state index contributed by atoms with van der Waals surface area (Å²) in [6.07, 6.45) is 1.56. The van der Waals surface area contributed by atoms with Crippen LogP contribution in [-0.2, 0) is 11.3 Å². The van der Waals surface area contributed by atoms with Crippen LogP contribution in [0.4, 0.5) is 4.79 Å². The van der Waals surface area contributed by atoms with E-state index < -0.39 is 5.97 Å². The molecule has 1 atom stereocenters. The monoisotopic (exact) mass is 521 g/mol. The Labute approximate surface area is 220 Å². The largest absolute Gasteiger partial charge is 0.478 e. The molecule has 1 N–H and O–H groups in total. The number of aromatic nitrogens is 1. The number of carboxylic acids is 1. The molecule has 0 radical (unpaired) electrons. The van der Waals surface area contributed by atoms with E-state index in [0.717, 1.165) is 49.3 Å². The van der Waals surface area contributed by atoms with Crippen LogP contribution in [0.5, 0.6) is 11.6 Å². The predicted octanol–water partition coefficient (Wildman–Crippen LogP) is 5.69. The first-order chi connectivity index (χ1) is 17.9. The summed E-state index contributed by atoms with van der Waals surface area (Å²) in [5.41, 5.74) is 3.10. The molecule has 3 heterocycles. The number of aryl methyl sites for hydroxylation is 1. The van der Waals surface area contributed by atoms with Gasteiger partial charge in [-0.25, -0.2) is 14.6 Å². The van der Waals surface area contributed by atoms with Crippen molar-refractivity contribution in [2.75, 3.05) is 19.7 Å². The van der Waals surface area contributed by atoms with Crippen LogP contribution in [0.1, 0.15) is 46.1 Å². The molecule has 3 aromatic rings. The first-order valence-corrected chi connectivity index (χ1v) is 12.7. The number of aromatic carboxylic acids is 1. The van der Waals surface area contributed by atoms with E-state index in [4.69, 9.17) is 26.2 Å². The highest BCUT2D eigenvalue weighted by molar-refractivity contribution is 6.33. The lowest BCUT2D eigenvalue weighted by molar-refractivity contribution is 0.0697. The Kier molecular flexibility index (Phi) is 7.30. The van der Waals surface area contributed by atoms with Gasteiger partial charge in [0.05, 0.1) is 16.6 Å². The van der Waals surface area contributed by atoms with Crippen molar-refractivity contribution < 1.29 is 24.2 Å². The second-order valence-corrected chi connectivity index (χ2v) is 9.77. The van der Waals surface area contributed by atoms with Crippen LogP contribution in [0.25, 0.3) is 0 Å².